The fourth-order valence-electron chi connectivity index (χ4n) is 5.01. The standard InChI is InChI=1S/C21H23F2N5O/c1-14-24-6-2-19(25-14)26-8-4-21(5-9-26)13-27-7-3-18(28(27)20(21)29)15-10-16(22)12-17(23)11-15/h2,6,10-12,18H,3-5,7-9,13H2,1H3/t18-/m0/s1. The van der Waals surface area contributed by atoms with E-state index in [4.69, 9.17) is 0 Å². The van der Waals surface area contributed by atoms with Crippen molar-refractivity contribution < 1.29 is 13.6 Å². The van der Waals surface area contributed by atoms with Crippen LogP contribution < -0.4 is 4.90 Å². The van der Waals surface area contributed by atoms with E-state index in [1.54, 1.807) is 11.2 Å². The number of hydrogen-bond acceptors (Lipinski definition) is 5. The second-order valence-corrected chi connectivity index (χ2v) is 8.27. The molecule has 4 heterocycles. The number of carbonyl (C=O) groups excluding carboxylic acids is 1. The summed E-state index contributed by atoms with van der Waals surface area (Å²) in [5.41, 5.74) is 0.104. The second-order valence-electron chi connectivity index (χ2n) is 8.27. The van der Waals surface area contributed by atoms with Gasteiger partial charge in [0.2, 0.25) is 5.91 Å². The first-order chi connectivity index (χ1) is 13.9. The summed E-state index contributed by atoms with van der Waals surface area (Å²) < 4.78 is 27.5. The minimum Gasteiger partial charge on any atom is -0.356 e. The number of carbonyl (C=O) groups is 1. The number of hydrogen-bond donors (Lipinski definition) is 0. The lowest BCUT2D eigenvalue weighted by Gasteiger charge is -2.38. The van der Waals surface area contributed by atoms with Gasteiger partial charge in [0.15, 0.2) is 0 Å². The summed E-state index contributed by atoms with van der Waals surface area (Å²) in [6.45, 7) is 4.78. The summed E-state index contributed by atoms with van der Waals surface area (Å²) in [5, 5.41) is 3.83. The lowest BCUT2D eigenvalue weighted by Crippen LogP contribution is -2.46. The molecule has 0 unspecified atom stereocenters. The normalized spacial score (nSPS) is 23.8. The Bertz CT molecular complexity index is 940. The van der Waals surface area contributed by atoms with E-state index in [9.17, 15) is 13.6 Å². The molecule has 0 bridgehead atoms. The Hall–Kier alpha value is -2.61. The Morgan fingerprint density at radius 1 is 1.10 bits per heavy atom. The third-order valence-corrected chi connectivity index (χ3v) is 6.48. The summed E-state index contributed by atoms with van der Waals surface area (Å²) in [6, 6.07) is 5.16. The monoisotopic (exact) mass is 399 g/mol. The largest absolute Gasteiger partial charge is 0.356 e. The number of nitrogens with zero attached hydrogens (tertiary/aromatic N) is 5. The van der Waals surface area contributed by atoms with Crippen LogP contribution in [0.1, 0.15) is 36.7 Å². The summed E-state index contributed by atoms with van der Waals surface area (Å²) >= 11 is 0. The van der Waals surface area contributed by atoms with Crippen molar-refractivity contribution in [2.24, 2.45) is 5.41 Å². The third-order valence-electron chi connectivity index (χ3n) is 6.48. The SMILES string of the molecule is Cc1nccc(N2CCC3(CC2)CN2CC[C@@H](c4cc(F)cc(F)c4)N2C3=O)n1. The van der Waals surface area contributed by atoms with Gasteiger partial charge in [-0.15, -0.1) is 0 Å². The molecule has 3 aliphatic heterocycles. The van der Waals surface area contributed by atoms with Crippen molar-refractivity contribution in [3.63, 3.8) is 0 Å². The third kappa shape index (κ3) is 3.06. The smallest absolute Gasteiger partial charge is 0.245 e. The molecule has 3 saturated heterocycles. The molecule has 0 radical (unpaired) electrons. The van der Waals surface area contributed by atoms with Crippen molar-refractivity contribution in [3.05, 3.63) is 53.5 Å². The molecule has 1 amide bonds. The van der Waals surface area contributed by atoms with E-state index in [1.807, 2.05) is 13.0 Å². The first kappa shape index (κ1) is 18.4. The van der Waals surface area contributed by atoms with Gasteiger partial charge in [0.25, 0.3) is 0 Å². The Morgan fingerprint density at radius 3 is 2.52 bits per heavy atom. The van der Waals surface area contributed by atoms with Crippen LogP contribution in [0.4, 0.5) is 14.6 Å². The van der Waals surface area contributed by atoms with Gasteiger partial charge < -0.3 is 4.90 Å². The number of hydrazine groups is 1. The van der Waals surface area contributed by atoms with Gasteiger partial charge in [-0.1, -0.05) is 0 Å². The van der Waals surface area contributed by atoms with Crippen LogP contribution in [0.3, 0.4) is 0 Å². The Labute approximate surface area is 168 Å². The van der Waals surface area contributed by atoms with Gasteiger partial charge in [0.1, 0.15) is 23.3 Å². The topological polar surface area (TPSA) is 52.6 Å². The van der Waals surface area contributed by atoms with Crippen LogP contribution in [0.2, 0.25) is 0 Å². The van der Waals surface area contributed by atoms with Crippen LogP contribution in [-0.4, -0.2) is 52.1 Å². The molecule has 152 valence electrons. The van der Waals surface area contributed by atoms with E-state index >= 15 is 0 Å². The molecule has 1 aromatic heterocycles. The van der Waals surface area contributed by atoms with Gasteiger partial charge in [-0.3, -0.25) is 9.80 Å². The molecule has 0 saturated carbocycles. The van der Waals surface area contributed by atoms with Crippen LogP contribution in [0.25, 0.3) is 0 Å². The fraction of sp³-hybridized carbons (Fsp3) is 0.476. The number of fused-ring (bicyclic) bond motifs is 1. The zero-order valence-corrected chi connectivity index (χ0v) is 16.3. The van der Waals surface area contributed by atoms with Crippen molar-refractivity contribution in [1.82, 2.24) is 20.0 Å². The average molecular weight is 399 g/mol. The summed E-state index contributed by atoms with van der Waals surface area (Å²) in [4.78, 5) is 24.3. The van der Waals surface area contributed by atoms with Crippen molar-refractivity contribution >= 4 is 11.7 Å². The number of aryl methyl sites for hydroxylation is 1. The Morgan fingerprint density at radius 2 is 1.83 bits per heavy atom. The number of amides is 1. The molecule has 0 aliphatic carbocycles. The van der Waals surface area contributed by atoms with Crippen molar-refractivity contribution in [1.29, 1.82) is 0 Å². The molecular weight excluding hydrogens is 376 g/mol. The van der Waals surface area contributed by atoms with E-state index in [-0.39, 0.29) is 11.9 Å². The van der Waals surface area contributed by atoms with E-state index in [0.29, 0.717) is 18.5 Å². The minimum absolute atomic E-state index is 0.0863. The highest BCUT2D eigenvalue weighted by Gasteiger charge is 2.56. The number of benzene rings is 1. The van der Waals surface area contributed by atoms with Crippen molar-refractivity contribution in [2.45, 2.75) is 32.2 Å². The molecule has 3 fully saturated rings. The molecule has 3 aliphatic rings. The fourth-order valence-corrected chi connectivity index (χ4v) is 5.01. The molecule has 5 rings (SSSR count). The lowest BCUT2D eigenvalue weighted by molar-refractivity contribution is -0.143. The van der Waals surface area contributed by atoms with Gasteiger partial charge in [-0.25, -0.2) is 23.8 Å². The number of halogens is 2. The van der Waals surface area contributed by atoms with Gasteiger partial charge in [0, 0.05) is 38.4 Å². The molecule has 1 aromatic carbocycles. The van der Waals surface area contributed by atoms with Crippen molar-refractivity contribution in [2.75, 3.05) is 31.1 Å². The summed E-state index contributed by atoms with van der Waals surface area (Å²) in [6.07, 6.45) is 3.93. The number of anilines is 1. The van der Waals surface area contributed by atoms with E-state index in [1.165, 1.54) is 12.1 Å². The molecule has 6 nitrogen and oxygen atoms in total. The van der Waals surface area contributed by atoms with Crippen molar-refractivity contribution in [3.8, 4) is 0 Å². The highest BCUT2D eigenvalue weighted by atomic mass is 19.1. The zero-order valence-electron chi connectivity index (χ0n) is 16.3. The van der Waals surface area contributed by atoms with Crippen LogP contribution in [-0.2, 0) is 4.79 Å². The van der Waals surface area contributed by atoms with E-state index in [0.717, 1.165) is 50.2 Å². The molecule has 2 aromatic rings. The second kappa shape index (κ2) is 6.73. The van der Waals surface area contributed by atoms with E-state index < -0.39 is 17.0 Å². The van der Waals surface area contributed by atoms with Crippen LogP contribution in [0.5, 0.6) is 0 Å². The first-order valence-corrected chi connectivity index (χ1v) is 10.0. The number of rotatable bonds is 2. The van der Waals surface area contributed by atoms with E-state index in [2.05, 4.69) is 19.9 Å². The van der Waals surface area contributed by atoms with Gasteiger partial charge in [-0.05, 0) is 49.9 Å². The maximum Gasteiger partial charge on any atom is 0.245 e. The van der Waals surface area contributed by atoms with Crippen LogP contribution >= 0.6 is 0 Å². The number of piperidine rings is 1. The Balaban J connectivity index is 1.35. The highest BCUT2D eigenvalue weighted by molar-refractivity contribution is 5.85. The quantitative estimate of drug-likeness (QED) is 0.777. The lowest BCUT2D eigenvalue weighted by atomic mass is 9.77. The highest BCUT2D eigenvalue weighted by Crippen LogP contribution is 2.47. The van der Waals surface area contributed by atoms with Gasteiger partial charge in [-0.2, -0.15) is 0 Å². The maximum atomic E-state index is 13.7. The van der Waals surface area contributed by atoms with Gasteiger partial charge >= 0.3 is 0 Å². The van der Waals surface area contributed by atoms with Crippen LogP contribution in [0.15, 0.2) is 30.5 Å². The molecule has 1 atom stereocenters. The molecule has 8 heteroatoms. The first-order valence-electron chi connectivity index (χ1n) is 10.0. The molecule has 1 spiro atoms. The van der Waals surface area contributed by atoms with Gasteiger partial charge in [0.05, 0.1) is 11.5 Å². The summed E-state index contributed by atoms with van der Waals surface area (Å²) in [7, 11) is 0. The maximum absolute atomic E-state index is 13.7. The Kier molecular flexibility index (Phi) is 4.27. The minimum atomic E-state index is -0.603. The molecule has 29 heavy (non-hydrogen) atoms. The summed E-state index contributed by atoms with van der Waals surface area (Å²) in [5.74, 6) is 0.507. The predicted molar refractivity (Wildman–Crippen MR) is 103 cm³/mol. The molecular formula is C21H23F2N5O. The zero-order chi connectivity index (χ0) is 20.2. The molecule has 0 N–H and O–H groups in total. The number of aromatic nitrogens is 2. The van der Waals surface area contributed by atoms with Crippen LogP contribution in [0, 0.1) is 24.0 Å². The average Bonchev–Trinajstić information content (AvgIpc) is 3.20. The predicted octanol–water partition coefficient (Wildman–Crippen LogP) is 2.85.